The van der Waals surface area contributed by atoms with Crippen LogP contribution in [0.4, 0.5) is 0 Å². The first-order valence-electron chi connectivity index (χ1n) is 14.7. The molecule has 2 aromatic carbocycles. The van der Waals surface area contributed by atoms with Crippen molar-refractivity contribution in [1.29, 1.82) is 0 Å². The third kappa shape index (κ3) is 6.16. The summed E-state index contributed by atoms with van der Waals surface area (Å²) >= 11 is -2.94. The molecule has 4 aliphatic carbocycles. The molecule has 0 aliphatic heterocycles. The largest absolute Gasteiger partial charge is 1.00 e. The molecular formula is C38H44Cl2SiZr. The van der Waals surface area contributed by atoms with E-state index in [4.69, 9.17) is 0 Å². The summed E-state index contributed by atoms with van der Waals surface area (Å²) in [7, 11) is 0. The summed E-state index contributed by atoms with van der Waals surface area (Å²) in [5.74, 6) is 0.655. The number of halogens is 2. The number of benzene rings is 2. The average molecular weight is 691 g/mol. The molecular weight excluding hydrogens is 647 g/mol. The van der Waals surface area contributed by atoms with Gasteiger partial charge in [-0.05, 0) is 11.0 Å². The van der Waals surface area contributed by atoms with Crippen molar-refractivity contribution in [2.24, 2.45) is 0 Å². The van der Waals surface area contributed by atoms with E-state index < -0.39 is 20.3 Å². The van der Waals surface area contributed by atoms with Gasteiger partial charge in [-0.2, -0.15) is 0 Å². The molecule has 0 radical (unpaired) electrons. The van der Waals surface area contributed by atoms with E-state index >= 15 is 0 Å². The third-order valence-electron chi connectivity index (χ3n) is 9.38. The minimum absolute atomic E-state index is 0. The molecule has 0 bridgehead atoms. The zero-order valence-electron chi connectivity index (χ0n) is 24.5. The fourth-order valence-corrected chi connectivity index (χ4v) is 19.9. The van der Waals surface area contributed by atoms with Gasteiger partial charge in [0, 0.05) is 0 Å². The number of rotatable bonds is 6. The standard InChI is InChI=1S/2C18H17.2CH3.2ClH.H4Si.Zr/c2*1-2-14-12-16-10-6-7-11-17(18(16)13-14)15-8-4-3-5-9-15;;;;;;/h2*3-13,17H,2H2,1H3;2*1H3;2*1H;1H4;/q;;;;;;;+2/p-2. The summed E-state index contributed by atoms with van der Waals surface area (Å²) in [6, 6.07) is 22.2. The summed E-state index contributed by atoms with van der Waals surface area (Å²) in [4.78, 5) is 0. The summed E-state index contributed by atoms with van der Waals surface area (Å²) in [5.41, 5.74) is 12.4. The molecule has 0 nitrogen and oxygen atoms in total. The number of allylic oxidation sites excluding steroid dienone is 16. The van der Waals surface area contributed by atoms with E-state index in [1.807, 2.05) is 0 Å². The van der Waals surface area contributed by atoms with Crippen LogP contribution < -0.4 is 24.8 Å². The molecule has 4 atom stereocenters. The predicted molar refractivity (Wildman–Crippen MR) is 176 cm³/mol. The second kappa shape index (κ2) is 14.7. The van der Waals surface area contributed by atoms with E-state index in [0.717, 1.165) is 12.8 Å². The van der Waals surface area contributed by atoms with Crippen LogP contribution in [0.5, 0.6) is 0 Å². The van der Waals surface area contributed by atoms with Crippen LogP contribution in [0.2, 0.25) is 16.5 Å². The summed E-state index contributed by atoms with van der Waals surface area (Å²) in [6.07, 6.45) is 26.4. The van der Waals surface area contributed by atoms with Crippen LogP contribution in [-0.2, 0) is 20.3 Å². The van der Waals surface area contributed by atoms with Crippen molar-refractivity contribution in [3.8, 4) is 0 Å². The SMILES string of the molecule is CCC1=CC2=C(C=CC=CC2c2ccccc2)[CH]1[Zr+2]([CH3])([CH3])[CH]1C(CC)=CC2=C1C=CC=CC2c1ccccc1.[Cl-].[Cl-].[SiH4]. The molecule has 0 fully saturated rings. The molecule has 0 spiro atoms. The van der Waals surface area contributed by atoms with Gasteiger partial charge in [-0.25, -0.2) is 0 Å². The molecule has 0 heterocycles. The Morgan fingerprint density at radius 1 is 0.548 bits per heavy atom. The number of hydrogen-bond acceptors (Lipinski definition) is 0. The maximum atomic E-state index is 2.75. The Hall–Kier alpha value is -1.96. The molecule has 0 amide bonds. The van der Waals surface area contributed by atoms with Crippen LogP contribution >= 0.6 is 0 Å². The average Bonchev–Trinajstić information content (AvgIpc) is 3.38. The van der Waals surface area contributed by atoms with Crippen LogP contribution in [0.1, 0.15) is 49.7 Å². The maximum Gasteiger partial charge on any atom is -0.0149 e. The minimum atomic E-state index is -2.94. The molecule has 0 saturated carbocycles. The summed E-state index contributed by atoms with van der Waals surface area (Å²) in [5, 5.41) is 0. The van der Waals surface area contributed by atoms with Gasteiger partial charge in [0.2, 0.25) is 0 Å². The van der Waals surface area contributed by atoms with E-state index in [1.165, 1.54) is 22.3 Å². The summed E-state index contributed by atoms with van der Waals surface area (Å²) in [6.45, 7) is 4.75. The Balaban J connectivity index is 0.00000161. The Bertz CT molecular complexity index is 1390. The second-order valence-electron chi connectivity index (χ2n) is 11.9. The quantitative estimate of drug-likeness (QED) is 0.408. The van der Waals surface area contributed by atoms with Crippen LogP contribution in [0, 0.1) is 0 Å². The van der Waals surface area contributed by atoms with Gasteiger partial charge in [0.15, 0.2) is 0 Å². The molecule has 4 unspecified atom stereocenters. The molecule has 6 rings (SSSR count). The molecule has 218 valence electrons. The van der Waals surface area contributed by atoms with E-state index in [2.05, 4.69) is 145 Å². The monoisotopic (exact) mass is 688 g/mol. The van der Waals surface area contributed by atoms with Crippen molar-refractivity contribution in [2.75, 3.05) is 0 Å². The van der Waals surface area contributed by atoms with Gasteiger partial charge in [-0.15, -0.1) is 0 Å². The molecule has 2 aromatic rings. The van der Waals surface area contributed by atoms with E-state index in [0.29, 0.717) is 19.1 Å². The molecule has 4 aliphatic rings. The van der Waals surface area contributed by atoms with Crippen LogP contribution in [0.3, 0.4) is 0 Å². The molecule has 4 heteroatoms. The van der Waals surface area contributed by atoms with Crippen molar-refractivity contribution in [3.05, 3.63) is 166 Å². The van der Waals surface area contributed by atoms with Crippen LogP contribution in [0.15, 0.2) is 155 Å². The minimum Gasteiger partial charge on any atom is -1.00 e. The van der Waals surface area contributed by atoms with Gasteiger partial charge in [0.05, 0.1) is 0 Å². The fraction of sp³-hybridized carbons (Fsp3) is 0.263. The Morgan fingerprint density at radius 3 is 1.29 bits per heavy atom. The van der Waals surface area contributed by atoms with Crippen LogP contribution in [-0.4, -0.2) is 11.0 Å². The maximum absolute atomic E-state index is 2.94. The van der Waals surface area contributed by atoms with Crippen molar-refractivity contribution >= 4 is 11.0 Å². The smallest absolute Gasteiger partial charge is 0.0149 e. The normalized spacial score (nSPS) is 23.6. The molecule has 0 aromatic heterocycles. The first-order chi connectivity index (χ1) is 19.0. The van der Waals surface area contributed by atoms with Gasteiger partial charge >= 0.3 is 241 Å². The van der Waals surface area contributed by atoms with Gasteiger partial charge in [-0.3, -0.25) is 0 Å². The fourth-order valence-electron chi connectivity index (χ4n) is 7.70. The Labute approximate surface area is 275 Å². The Morgan fingerprint density at radius 2 is 0.929 bits per heavy atom. The topological polar surface area (TPSA) is 0 Å². The predicted octanol–water partition coefficient (Wildman–Crippen LogP) is 3.48. The zero-order chi connectivity index (χ0) is 27.0. The first-order valence-corrected chi connectivity index (χ1v) is 22.5. The van der Waals surface area contributed by atoms with Crippen molar-refractivity contribution in [2.45, 2.75) is 55.0 Å². The second-order valence-corrected chi connectivity index (χ2v) is 23.7. The number of hydrogen-bond donors (Lipinski definition) is 0. The summed E-state index contributed by atoms with van der Waals surface area (Å²) < 4.78 is 6.67. The first kappa shape index (κ1) is 34.5. The molecule has 0 N–H and O–H groups in total. The third-order valence-corrected chi connectivity index (χ3v) is 20.1. The van der Waals surface area contributed by atoms with Gasteiger partial charge in [0.25, 0.3) is 0 Å². The van der Waals surface area contributed by atoms with Crippen LogP contribution in [0.25, 0.3) is 0 Å². The van der Waals surface area contributed by atoms with Gasteiger partial charge < -0.3 is 24.8 Å². The van der Waals surface area contributed by atoms with Gasteiger partial charge in [0.1, 0.15) is 0 Å². The van der Waals surface area contributed by atoms with E-state index in [-0.39, 0.29) is 35.8 Å². The molecule has 0 saturated heterocycles. The molecule has 42 heavy (non-hydrogen) atoms. The Kier molecular flexibility index (Phi) is 12.1. The van der Waals surface area contributed by atoms with Crippen molar-refractivity contribution in [3.63, 3.8) is 0 Å². The van der Waals surface area contributed by atoms with E-state index in [1.54, 1.807) is 22.3 Å². The van der Waals surface area contributed by atoms with E-state index in [9.17, 15) is 0 Å². The zero-order valence-corrected chi connectivity index (χ0v) is 28.5. The van der Waals surface area contributed by atoms with Crippen molar-refractivity contribution < 1.29 is 45.1 Å². The van der Waals surface area contributed by atoms with Gasteiger partial charge in [-0.1, -0.05) is 0 Å². The van der Waals surface area contributed by atoms with Crippen molar-refractivity contribution in [1.82, 2.24) is 0 Å².